The maximum Gasteiger partial charge on any atom is 0.324 e. The predicted molar refractivity (Wildman–Crippen MR) is 76.4 cm³/mol. The second-order valence-electron chi connectivity index (χ2n) is 4.63. The zero-order valence-corrected chi connectivity index (χ0v) is 13.0. The third-order valence-corrected chi connectivity index (χ3v) is 4.76. The van der Waals surface area contributed by atoms with Crippen molar-refractivity contribution in [3.8, 4) is 0 Å². The van der Waals surface area contributed by atoms with Crippen molar-refractivity contribution in [3.63, 3.8) is 0 Å². The van der Waals surface area contributed by atoms with Crippen LogP contribution in [0.15, 0.2) is 0 Å². The van der Waals surface area contributed by atoms with Gasteiger partial charge in [-0.15, -0.1) is 0 Å². The van der Waals surface area contributed by atoms with E-state index < -0.39 is 22.2 Å². The molecule has 1 atom stereocenters. The molecule has 0 radical (unpaired) electrons. The number of esters is 1. The number of ether oxygens (including phenoxy) is 1. The smallest absolute Gasteiger partial charge is 0.324 e. The number of rotatable bonds is 9. The number of nitrogens with one attached hydrogen (secondary N) is 2. The number of hydrogen-bond donors (Lipinski definition) is 2. The minimum absolute atomic E-state index is 0.263. The van der Waals surface area contributed by atoms with Crippen LogP contribution in [0.2, 0.25) is 0 Å². The highest BCUT2D eigenvalue weighted by Gasteiger charge is 2.39. The number of nitrogens with zero attached hydrogens (tertiary/aromatic N) is 1. The second-order valence-corrected chi connectivity index (χ2v) is 6.34. The molecule has 1 aliphatic heterocycles. The van der Waals surface area contributed by atoms with Gasteiger partial charge in [0, 0.05) is 13.1 Å². The highest BCUT2D eigenvalue weighted by atomic mass is 32.2. The molecule has 118 valence electrons. The van der Waals surface area contributed by atoms with Gasteiger partial charge in [-0.25, -0.2) is 4.72 Å². The summed E-state index contributed by atoms with van der Waals surface area (Å²) >= 11 is 0. The molecule has 0 aromatic rings. The van der Waals surface area contributed by atoms with Gasteiger partial charge in [0.1, 0.15) is 6.04 Å². The number of hydrogen-bond acceptors (Lipinski definition) is 5. The largest absolute Gasteiger partial charge is 0.465 e. The summed E-state index contributed by atoms with van der Waals surface area (Å²) in [6, 6.07) is -0.679. The molecule has 1 heterocycles. The topological polar surface area (TPSA) is 87.7 Å². The summed E-state index contributed by atoms with van der Waals surface area (Å²) in [5.41, 5.74) is 0. The molecule has 0 amide bonds. The zero-order valence-electron chi connectivity index (χ0n) is 12.2. The minimum atomic E-state index is -3.60. The standard InChI is InChI=1S/C12H25N3O4S/c1-3-13-8-6-9-14-20(17,18)15-10-5-7-11(15)12(16)19-4-2/h11,13-14H,3-10H2,1-2H3. The van der Waals surface area contributed by atoms with Gasteiger partial charge in [0.15, 0.2) is 0 Å². The molecule has 1 fully saturated rings. The molecule has 1 rings (SSSR count). The molecule has 20 heavy (non-hydrogen) atoms. The predicted octanol–water partition coefficient (Wildman–Crippen LogP) is -0.152. The first-order valence-corrected chi connectivity index (χ1v) is 8.60. The van der Waals surface area contributed by atoms with Crippen molar-refractivity contribution >= 4 is 16.2 Å². The third kappa shape index (κ3) is 5.01. The molecule has 8 heteroatoms. The van der Waals surface area contributed by atoms with E-state index in [0.29, 0.717) is 32.4 Å². The van der Waals surface area contributed by atoms with E-state index in [2.05, 4.69) is 10.0 Å². The molecular formula is C12H25N3O4S. The van der Waals surface area contributed by atoms with E-state index in [4.69, 9.17) is 4.74 Å². The van der Waals surface area contributed by atoms with Crippen molar-refractivity contribution in [1.82, 2.24) is 14.3 Å². The van der Waals surface area contributed by atoms with Gasteiger partial charge < -0.3 is 10.1 Å². The number of carbonyl (C=O) groups is 1. The summed E-state index contributed by atoms with van der Waals surface area (Å²) < 4.78 is 33.0. The maximum absolute atomic E-state index is 12.2. The zero-order chi connectivity index (χ0) is 15.0. The molecule has 1 unspecified atom stereocenters. The molecule has 1 saturated heterocycles. The SMILES string of the molecule is CCNCCCNS(=O)(=O)N1CCCC1C(=O)OCC. The Hall–Kier alpha value is -0.700. The Morgan fingerprint density at radius 1 is 1.35 bits per heavy atom. The lowest BCUT2D eigenvalue weighted by Gasteiger charge is -2.22. The van der Waals surface area contributed by atoms with Crippen molar-refractivity contribution < 1.29 is 17.9 Å². The fourth-order valence-electron chi connectivity index (χ4n) is 2.18. The van der Waals surface area contributed by atoms with Crippen molar-refractivity contribution in [2.45, 2.75) is 39.2 Å². The van der Waals surface area contributed by atoms with E-state index in [-0.39, 0.29) is 6.61 Å². The van der Waals surface area contributed by atoms with E-state index in [1.165, 1.54) is 4.31 Å². The second kappa shape index (κ2) is 8.56. The average Bonchev–Trinajstić information content (AvgIpc) is 2.89. The van der Waals surface area contributed by atoms with Gasteiger partial charge in [-0.05, 0) is 39.3 Å². The molecule has 7 nitrogen and oxygen atoms in total. The average molecular weight is 307 g/mol. The lowest BCUT2D eigenvalue weighted by atomic mass is 10.2. The van der Waals surface area contributed by atoms with Crippen LogP contribution in [0.25, 0.3) is 0 Å². The lowest BCUT2D eigenvalue weighted by molar-refractivity contribution is -0.146. The van der Waals surface area contributed by atoms with Gasteiger partial charge in [-0.3, -0.25) is 4.79 Å². The lowest BCUT2D eigenvalue weighted by Crippen LogP contribution is -2.47. The Morgan fingerprint density at radius 3 is 2.75 bits per heavy atom. The first kappa shape index (κ1) is 17.4. The first-order chi connectivity index (χ1) is 9.53. The van der Waals surface area contributed by atoms with E-state index in [0.717, 1.165) is 13.1 Å². The monoisotopic (exact) mass is 307 g/mol. The molecule has 0 saturated carbocycles. The van der Waals surface area contributed by atoms with Gasteiger partial charge in [0.25, 0.3) is 10.2 Å². The molecular weight excluding hydrogens is 282 g/mol. The summed E-state index contributed by atoms with van der Waals surface area (Å²) in [6.45, 7) is 6.33. The molecule has 0 aliphatic carbocycles. The Bertz CT molecular complexity index is 400. The van der Waals surface area contributed by atoms with Gasteiger partial charge in [0.2, 0.25) is 0 Å². The number of carbonyl (C=O) groups excluding carboxylic acids is 1. The van der Waals surface area contributed by atoms with Crippen LogP contribution in [-0.2, 0) is 19.7 Å². The third-order valence-electron chi connectivity index (χ3n) is 3.14. The Balaban J connectivity index is 2.50. The fourth-order valence-corrected chi connectivity index (χ4v) is 3.64. The van der Waals surface area contributed by atoms with Crippen molar-refractivity contribution in [2.24, 2.45) is 0 Å². The summed E-state index contributed by atoms with van der Waals surface area (Å²) in [7, 11) is -3.60. The van der Waals surface area contributed by atoms with Crippen LogP contribution >= 0.6 is 0 Å². The Labute approximate surface area is 121 Å². The van der Waals surface area contributed by atoms with Crippen molar-refractivity contribution in [2.75, 3.05) is 32.8 Å². The molecule has 1 aliphatic rings. The molecule has 0 spiro atoms. The van der Waals surface area contributed by atoms with Gasteiger partial charge in [0.05, 0.1) is 6.61 Å². The van der Waals surface area contributed by atoms with E-state index in [1.807, 2.05) is 6.92 Å². The summed E-state index contributed by atoms with van der Waals surface area (Å²) in [6.07, 6.45) is 1.92. The normalized spacial score (nSPS) is 20.2. The van der Waals surface area contributed by atoms with Crippen LogP contribution in [0.4, 0.5) is 0 Å². The Morgan fingerprint density at radius 2 is 2.10 bits per heavy atom. The van der Waals surface area contributed by atoms with Crippen LogP contribution in [-0.4, -0.2) is 57.5 Å². The molecule has 0 bridgehead atoms. The minimum Gasteiger partial charge on any atom is -0.465 e. The first-order valence-electron chi connectivity index (χ1n) is 7.16. The summed E-state index contributed by atoms with van der Waals surface area (Å²) in [5.74, 6) is -0.456. The summed E-state index contributed by atoms with van der Waals surface area (Å²) in [5, 5.41) is 3.13. The molecule has 0 aromatic carbocycles. The van der Waals surface area contributed by atoms with Gasteiger partial charge in [-0.1, -0.05) is 6.92 Å². The van der Waals surface area contributed by atoms with Crippen LogP contribution in [0.3, 0.4) is 0 Å². The van der Waals surface area contributed by atoms with Gasteiger partial charge >= 0.3 is 5.97 Å². The van der Waals surface area contributed by atoms with E-state index in [1.54, 1.807) is 6.92 Å². The van der Waals surface area contributed by atoms with Crippen LogP contribution < -0.4 is 10.0 Å². The molecule has 2 N–H and O–H groups in total. The maximum atomic E-state index is 12.2. The van der Waals surface area contributed by atoms with Crippen molar-refractivity contribution in [3.05, 3.63) is 0 Å². The Kier molecular flexibility index (Phi) is 7.42. The highest BCUT2D eigenvalue weighted by molar-refractivity contribution is 7.87. The van der Waals surface area contributed by atoms with Crippen LogP contribution in [0, 0.1) is 0 Å². The quantitative estimate of drug-likeness (QED) is 0.457. The van der Waals surface area contributed by atoms with Gasteiger partial charge in [-0.2, -0.15) is 12.7 Å². The van der Waals surface area contributed by atoms with Crippen LogP contribution in [0.1, 0.15) is 33.1 Å². The highest BCUT2D eigenvalue weighted by Crippen LogP contribution is 2.21. The molecule has 0 aromatic heterocycles. The summed E-state index contributed by atoms with van der Waals surface area (Å²) in [4.78, 5) is 11.8. The van der Waals surface area contributed by atoms with E-state index in [9.17, 15) is 13.2 Å². The van der Waals surface area contributed by atoms with Crippen molar-refractivity contribution in [1.29, 1.82) is 0 Å². The fraction of sp³-hybridized carbons (Fsp3) is 0.917. The van der Waals surface area contributed by atoms with E-state index >= 15 is 0 Å². The van der Waals surface area contributed by atoms with Crippen LogP contribution in [0.5, 0.6) is 0 Å².